The van der Waals surface area contributed by atoms with Crippen molar-refractivity contribution in [1.29, 1.82) is 0 Å². The Morgan fingerprint density at radius 3 is 2.38 bits per heavy atom. The number of carbonyl (C=O) groups excluding carboxylic acids is 2. The number of alkyl carbamates (subject to hydrolysis) is 1. The lowest BCUT2D eigenvalue weighted by Gasteiger charge is -2.45. The highest BCUT2D eigenvalue weighted by Gasteiger charge is 2.53. The Morgan fingerprint density at radius 2 is 1.85 bits per heavy atom. The van der Waals surface area contributed by atoms with Gasteiger partial charge >= 0.3 is 6.09 Å². The molecule has 1 aromatic rings. The fourth-order valence-electron chi connectivity index (χ4n) is 4.61. The van der Waals surface area contributed by atoms with Crippen LogP contribution in [0, 0.1) is 5.92 Å². The lowest BCUT2D eigenvalue weighted by molar-refractivity contribution is -0.142. The van der Waals surface area contributed by atoms with Gasteiger partial charge in [0.05, 0.1) is 5.54 Å². The number of nitrogens with one attached hydrogen (secondary N) is 1. The maximum atomic E-state index is 12.7. The summed E-state index contributed by atoms with van der Waals surface area (Å²) >= 11 is 0. The predicted molar refractivity (Wildman–Crippen MR) is 99.0 cm³/mol. The first-order chi connectivity index (χ1) is 12.5. The van der Waals surface area contributed by atoms with Gasteiger partial charge in [-0.15, -0.1) is 0 Å². The molecule has 4 rings (SSSR count). The molecular formula is C21H28N2O3. The molecule has 1 N–H and O–H groups in total. The van der Waals surface area contributed by atoms with Crippen molar-refractivity contribution in [3.8, 4) is 0 Å². The number of rotatable bonds is 3. The summed E-state index contributed by atoms with van der Waals surface area (Å²) in [6.45, 7) is 6.51. The van der Waals surface area contributed by atoms with Crippen molar-refractivity contribution in [2.75, 3.05) is 19.7 Å². The SMILES string of the molecule is CC(C)c1ccc(C2CCN(C(=O)[C@H]3C[C@]4(COC(=O)N4)C3)CC2)cc1. The summed E-state index contributed by atoms with van der Waals surface area (Å²) < 4.78 is 5.00. The van der Waals surface area contributed by atoms with E-state index in [1.807, 2.05) is 4.90 Å². The third kappa shape index (κ3) is 3.19. The molecule has 0 radical (unpaired) electrons. The first-order valence-electron chi connectivity index (χ1n) is 9.79. The normalized spacial score (nSPS) is 28.8. The van der Waals surface area contributed by atoms with E-state index in [9.17, 15) is 9.59 Å². The standard InChI is InChI=1S/C21H28N2O3/c1-14(2)15-3-5-16(6-4-15)17-7-9-23(10-8-17)19(24)18-11-21(12-18)13-26-20(25)22-21/h3-6,14,17-18H,7-13H2,1-2H3,(H,22,25)/t18-,21+. The molecule has 2 aliphatic heterocycles. The smallest absolute Gasteiger partial charge is 0.407 e. The van der Waals surface area contributed by atoms with Crippen LogP contribution in [0.5, 0.6) is 0 Å². The van der Waals surface area contributed by atoms with Gasteiger partial charge in [-0.1, -0.05) is 38.1 Å². The van der Waals surface area contributed by atoms with Gasteiger partial charge in [0.1, 0.15) is 6.61 Å². The summed E-state index contributed by atoms with van der Waals surface area (Å²) in [5.41, 5.74) is 2.51. The zero-order valence-electron chi connectivity index (χ0n) is 15.7. The number of nitrogens with zero attached hydrogens (tertiary/aromatic N) is 1. The molecule has 5 nitrogen and oxygen atoms in total. The van der Waals surface area contributed by atoms with E-state index in [1.165, 1.54) is 11.1 Å². The van der Waals surface area contributed by atoms with E-state index in [-0.39, 0.29) is 23.5 Å². The van der Waals surface area contributed by atoms with Gasteiger partial charge in [0, 0.05) is 19.0 Å². The molecule has 0 aromatic heterocycles. The zero-order valence-corrected chi connectivity index (χ0v) is 15.7. The number of benzene rings is 1. The molecule has 1 spiro atoms. The Balaban J connectivity index is 1.28. The summed E-state index contributed by atoms with van der Waals surface area (Å²) in [7, 11) is 0. The first-order valence-corrected chi connectivity index (χ1v) is 9.79. The van der Waals surface area contributed by atoms with E-state index in [4.69, 9.17) is 4.74 Å². The van der Waals surface area contributed by atoms with Gasteiger partial charge in [0.2, 0.25) is 5.91 Å². The quantitative estimate of drug-likeness (QED) is 0.903. The van der Waals surface area contributed by atoms with Crippen molar-refractivity contribution < 1.29 is 14.3 Å². The minimum atomic E-state index is -0.347. The minimum absolute atomic E-state index is 0.0406. The highest BCUT2D eigenvalue weighted by molar-refractivity contribution is 5.81. The van der Waals surface area contributed by atoms with Gasteiger partial charge in [-0.3, -0.25) is 4.79 Å². The van der Waals surface area contributed by atoms with Crippen LogP contribution in [0.3, 0.4) is 0 Å². The van der Waals surface area contributed by atoms with Crippen molar-refractivity contribution >= 4 is 12.0 Å². The molecule has 3 aliphatic rings. The second-order valence-corrected chi connectivity index (χ2v) is 8.51. The molecule has 3 fully saturated rings. The number of hydrogen-bond acceptors (Lipinski definition) is 3. The molecule has 1 aliphatic carbocycles. The number of likely N-dealkylation sites (tertiary alicyclic amines) is 1. The molecule has 0 unspecified atom stereocenters. The van der Waals surface area contributed by atoms with Crippen LogP contribution in [-0.2, 0) is 9.53 Å². The second-order valence-electron chi connectivity index (χ2n) is 8.51. The van der Waals surface area contributed by atoms with Gasteiger partial charge in [-0.2, -0.15) is 0 Å². The van der Waals surface area contributed by atoms with Gasteiger partial charge in [-0.05, 0) is 48.6 Å². The van der Waals surface area contributed by atoms with Crippen LogP contribution >= 0.6 is 0 Å². The number of ether oxygens (including phenoxy) is 1. The highest BCUT2D eigenvalue weighted by Crippen LogP contribution is 2.42. The number of amides is 2. The summed E-state index contributed by atoms with van der Waals surface area (Å²) in [4.78, 5) is 26.0. The van der Waals surface area contributed by atoms with E-state index < -0.39 is 0 Å². The van der Waals surface area contributed by atoms with Crippen LogP contribution in [-0.4, -0.2) is 42.1 Å². The third-order valence-electron chi connectivity index (χ3n) is 6.35. The molecule has 2 amide bonds. The van der Waals surface area contributed by atoms with Crippen LogP contribution in [0.15, 0.2) is 24.3 Å². The predicted octanol–water partition coefficient (Wildman–Crippen LogP) is 3.40. The molecule has 0 atom stereocenters. The van der Waals surface area contributed by atoms with E-state index in [0.29, 0.717) is 31.3 Å². The van der Waals surface area contributed by atoms with Crippen molar-refractivity contribution in [3.63, 3.8) is 0 Å². The Kier molecular flexibility index (Phi) is 4.41. The molecule has 5 heteroatoms. The van der Waals surface area contributed by atoms with Crippen LogP contribution < -0.4 is 5.32 Å². The molecular weight excluding hydrogens is 328 g/mol. The number of piperidine rings is 1. The van der Waals surface area contributed by atoms with E-state index in [1.54, 1.807) is 0 Å². The fraction of sp³-hybridized carbons (Fsp3) is 0.619. The van der Waals surface area contributed by atoms with Crippen molar-refractivity contribution in [2.45, 2.75) is 56.9 Å². The monoisotopic (exact) mass is 356 g/mol. The number of cyclic esters (lactones) is 1. The Hall–Kier alpha value is -2.04. The Labute approximate surface area is 155 Å². The van der Waals surface area contributed by atoms with Crippen LogP contribution in [0.2, 0.25) is 0 Å². The molecule has 2 saturated heterocycles. The lowest BCUT2D eigenvalue weighted by Crippen LogP contribution is -2.58. The maximum absolute atomic E-state index is 12.7. The van der Waals surface area contributed by atoms with Gasteiger partial charge in [-0.25, -0.2) is 4.79 Å². The van der Waals surface area contributed by atoms with E-state index in [2.05, 4.69) is 43.4 Å². The maximum Gasteiger partial charge on any atom is 0.407 e. The summed E-state index contributed by atoms with van der Waals surface area (Å²) in [6, 6.07) is 9.00. The summed E-state index contributed by atoms with van der Waals surface area (Å²) in [5, 5.41) is 2.86. The first kappa shape index (κ1) is 17.4. The molecule has 0 bridgehead atoms. The van der Waals surface area contributed by atoms with Gasteiger partial charge in [0.15, 0.2) is 0 Å². The fourth-order valence-corrected chi connectivity index (χ4v) is 4.61. The Morgan fingerprint density at radius 1 is 1.19 bits per heavy atom. The minimum Gasteiger partial charge on any atom is -0.447 e. The largest absolute Gasteiger partial charge is 0.447 e. The van der Waals surface area contributed by atoms with Gasteiger partial charge in [0.25, 0.3) is 0 Å². The van der Waals surface area contributed by atoms with Crippen molar-refractivity contribution in [2.24, 2.45) is 5.92 Å². The highest BCUT2D eigenvalue weighted by atomic mass is 16.6. The molecule has 26 heavy (non-hydrogen) atoms. The number of hydrogen-bond donors (Lipinski definition) is 1. The van der Waals surface area contributed by atoms with Crippen LogP contribution in [0.4, 0.5) is 4.79 Å². The topological polar surface area (TPSA) is 58.6 Å². The third-order valence-corrected chi connectivity index (χ3v) is 6.35. The second kappa shape index (κ2) is 6.60. The Bertz CT molecular complexity index is 684. The molecule has 1 saturated carbocycles. The van der Waals surface area contributed by atoms with Gasteiger partial charge < -0.3 is 15.0 Å². The van der Waals surface area contributed by atoms with Crippen LogP contribution in [0.25, 0.3) is 0 Å². The van der Waals surface area contributed by atoms with E-state index >= 15 is 0 Å². The zero-order chi connectivity index (χ0) is 18.3. The summed E-state index contributed by atoms with van der Waals surface area (Å²) in [6.07, 6.45) is 3.15. The average molecular weight is 356 g/mol. The lowest BCUT2D eigenvalue weighted by atomic mass is 9.68. The van der Waals surface area contributed by atoms with Crippen LogP contribution in [0.1, 0.15) is 62.5 Å². The summed E-state index contributed by atoms with van der Waals surface area (Å²) in [5.74, 6) is 1.41. The average Bonchev–Trinajstić information content (AvgIpc) is 3.02. The molecule has 1 aromatic carbocycles. The van der Waals surface area contributed by atoms with E-state index in [0.717, 1.165) is 25.9 Å². The van der Waals surface area contributed by atoms with Crippen molar-refractivity contribution in [3.05, 3.63) is 35.4 Å². The molecule has 2 heterocycles. The molecule has 140 valence electrons. The van der Waals surface area contributed by atoms with Crippen molar-refractivity contribution in [1.82, 2.24) is 10.2 Å². The number of carbonyl (C=O) groups is 2.